The Kier molecular flexibility index (Phi) is 7.14. The highest BCUT2D eigenvalue weighted by atomic mass is 16.5. The molecule has 0 aromatic heterocycles. The third-order valence-electron chi connectivity index (χ3n) is 4.13. The molecule has 2 rings (SSSR count). The van der Waals surface area contributed by atoms with E-state index >= 15 is 0 Å². The Bertz CT molecular complexity index is 859. The van der Waals surface area contributed by atoms with Crippen molar-refractivity contribution in [2.75, 3.05) is 19.0 Å². The van der Waals surface area contributed by atoms with Crippen LogP contribution in [0.25, 0.3) is 0 Å². The van der Waals surface area contributed by atoms with Gasteiger partial charge in [-0.1, -0.05) is 24.3 Å². The molecule has 2 aromatic carbocycles. The van der Waals surface area contributed by atoms with Gasteiger partial charge in [0, 0.05) is 5.69 Å². The number of amides is 2. The number of carbonyl (C=O) groups is 3. The third kappa shape index (κ3) is 5.57. The number of nitrogens with one attached hydrogen (secondary N) is 2. The van der Waals surface area contributed by atoms with Crippen LogP contribution in [0.5, 0.6) is 5.75 Å². The standard InChI is InChI=1S/C21H24N2O5/c1-13-7-5-8-14(2)19(13)23-18(24)12-22-20(25)15(3)28-21(26)16-9-6-10-17(11-16)27-4/h5-11,15H,12H2,1-4H3,(H,22,25)(H,23,24). The largest absolute Gasteiger partial charge is 0.497 e. The maximum atomic E-state index is 12.1. The van der Waals surface area contributed by atoms with Gasteiger partial charge in [0.2, 0.25) is 5.91 Å². The molecule has 0 heterocycles. The van der Waals surface area contributed by atoms with Crippen molar-refractivity contribution in [1.29, 1.82) is 0 Å². The Morgan fingerprint density at radius 2 is 1.68 bits per heavy atom. The molecule has 7 heteroatoms. The average Bonchev–Trinajstić information content (AvgIpc) is 2.68. The van der Waals surface area contributed by atoms with E-state index in [0.717, 1.165) is 16.8 Å². The second kappa shape index (κ2) is 9.55. The summed E-state index contributed by atoms with van der Waals surface area (Å²) in [4.78, 5) is 36.4. The molecule has 0 bridgehead atoms. The van der Waals surface area contributed by atoms with E-state index in [1.807, 2.05) is 32.0 Å². The second-order valence-electron chi connectivity index (χ2n) is 6.31. The van der Waals surface area contributed by atoms with Crippen LogP contribution in [0.2, 0.25) is 0 Å². The van der Waals surface area contributed by atoms with Gasteiger partial charge in [0.1, 0.15) is 5.75 Å². The number of para-hydroxylation sites is 1. The Labute approximate surface area is 164 Å². The summed E-state index contributed by atoms with van der Waals surface area (Å²) in [7, 11) is 1.49. The van der Waals surface area contributed by atoms with Gasteiger partial charge in [-0.25, -0.2) is 4.79 Å². The highest BCUT2D eigenvalue weighted by Gasteiger charge is 2.20. The zero-order valence-corrected chi connectivity index (χ0v) is 16.4. The quantitative estimate of drug-likeness (QED) is 0.716. The Morgan fingerprint density at radius 3 is 2.32 bits per heavy atom. The number of hydrogen-bond donors (Lipinski definition) is 2. The number of aryl methyl sites for hydroxylation is 2. The van der Waals surface area contributed by atoms with Crippen molar-refractivity contribution in [2.24, 2.45) is 0 Å². The van der Waals surface area contributed by atoms with Crippen molar-refractivity contribution in [3.05, 3.63) is 59.2 Å². The summed E-state index contributed by atoms with van der Waals surface area (Å²) in [6, 6.07) is 12.1. The first kappa shape index (κ1) is 21.0. The summed E-state index contributed by atoms with van der Waals surface area (Å²) in [5.74, 6) is -1.07. The molecule has 0 aliphatic rings. The van der Waals surface area contributed by atoms with Crippen LogP contribution in [0, 0.1) is 13.8 Å². The van der Waals surface area contributed by atoms with E-state index in [9.17, 15) is 14.4 Å². The summed E-state index contributed by atoms with van der Waals surface area (Å²) in [5, 5.41) is 5.24. The van der Waals surface area contributed by atoms with Crippen LogP contribution in [0.4, 0.5) is 5.69 Å². The monoisotopic (exact) mass is 384 g/mol. The fraction of sp³-hybridized carbons (Fsp3) is 0.286. The van der Waals surface area contributed by atoms with Crippen LogP contribution >= 0.6 is 0 Å². The number of rotatable bonds is 7. The minimum atomic E-state index is -1.05. The molecule has 2 N–H and O–H groups in total. The molecule has 28 heavy (non-hydrogen) atoms. The predicted molar refractivity (Wildman–Crippen MR) is 105 cm³/mol. The van der Waals surface area contributed by atoms with Gasteiger partial charge >= 0.3 is 5.97 Å². The van der Waals surface area contributed by atoms with Crippen LogP contribution in [0.15, 0.2) is 42.5 Å². The van der Waals surface area contributed by atoms with Crippen molar-refractivity contribution >= 4 is 23.5 Å². The third-order valence-corrected chi connectivity index (χ3v) is 4.13. The molecule has 0 saturated heterocycles. The normalized spacial score (nSPS) is 11.3. The zero-order chi connectivity index (χ0) is 20.7. The molecule has 0 aliphatic carbocycles. The number of carbonyl (C=O) groups excluding carboxylic acids is 3. The van der Waals surface area contributed by atoms with Gasteiger partial charge in [-0.3, -0.25) is 9.59 Å². The Morgan fingerprint density at radius 1 is 1.04 bits per heavy atom. The van der Waals surface area contributed by atoms with Gasteiger partial charge < -0.3 is 20.1 Å². The average molecular weight is 384 g/mol. The topological polar surface area (TPSA) is 93.7 Å². The van der Waals surface area contributed by atoms with E-state index in [4.69, 9.17) is 9.47 Å². The van der Waals surface area contributed by atoms with Gasteiger partial charge in [-0.2, -0.15) is 0 Å². The maximum Gasteiger partial charge on any atom is 0.339 e. The molecule has 0 radical (unpaired) electrons. The number of methoxy groups -OCH3 is 1. The first-order chi connectivity index (χ1) is 13.3. The Hall–Kier alpha value is -3.35. The summed E-state index contributed by atoms with van der Waals surface area (Å²) >= 11 is 0. The number of benzene rings is 2. The summed E-state index contributed by atoms with van der Waals surface area (Å²) in [6.07, 6.45) is -1.05. The lowest BCUT2D eigenvalue weighted by atomic mass is 10.1. The molecular formula is C21H24N2O5. The number of esters is 1. The molecule has 0 aliphatic heterocycles. The highest BCUT2D eigenvalue weighted by Crippen LogP contribution is 2.19. The molecule has 148 valence electrons. The minimum Gasteiger partial charge on any atom is -0.497 e. The van der Waals surface area contributed by atoms with Crippen LogP contribution in [0.1, 0.15) is 28.4 Å². The van der Waals surface area contributed by atoms with Crippen molar-refractivity contribution < 1.29 is 23.9 Å². The maximum absolute atomic E-state index is 12.1. The van der Waals surface area contributed by atoms with Crippen LogP contribution in [-0.2, 0) is 14.3 Å². The molecule has 2 amide bonds. The van der Waals surface area contributed by atoms with Crippen LogP contribution < -0.4 is 15.4 Å². The van der Waals surface area contributed by atoms with Crippen molar-refractivity contribution in [3.63, 3.8) is 0 Å². The first-order valence-corrected chi connectivity index (χ1v) is 8.80. The molecule has 0 saturated carbocycles. The molecule has 0 fully saturated rings. The zero-order valence-electron chi connectivity index (χ0n) is 16.4. The predicted octanol–water partition coefficient (Wildman–Crippen LogP) is 2.61. The second-order valence-corrected chi connectivity index (χ2v) is 6.31. The molecular weight excluding hydrogens is 360 g/mol. The lowest BCUT2D eigenvalue weighted by molar-refractivity contribution is -0.130. The molecule has 2 aromatic rings. The fourth-order valence-electron chi connectivity index (χ4n) is 2.54. The van der Waals surface area contributed by atoms with Gasteiger partial charge in [0.25, 0.3) is 5.91 Å². The lowest BCUT2D eigenvalue weighted by Crippen LogP contribution is -2.40. The van der Waals surface area contributed by atoms with Crippen molar-refractivity contribution in [3.8, 4) is 5.75 Å². The fourth-order valence-corrected chi connectivity index (χ4v) is 2.54. The van der Waals surface area contributed by atoms with E-state index in [-0.39, 0.29) is 18.0 Å². The van der Waals surface area contributed by atoms with Gasteiger partial charge in [-0.05, 0) is 50.1 Å². The Balaban J connectivity index is 1.86. The SMILES string of the molecule is COc1cccc(C(=O)OC(C)C(=O)NCC(=O)Nc2c(C)cccc2C)c1. The summed E-state index contributed by atoms with van der Waals surface area (Å²) < 4.78 is 10.2. The summed E-state index contributed by atoms with van der Waals surface area (Å²) in [6.45, 7) is 4.99. The van der Waals surface area contributed by atoms with Crippen molar-refractivity contribution in [2.45, 2.75) is 26.9 Å². The van der Waals surface area contributed by atoms with E-state index in [0.29, 0.717) is 5.75 Å². The van der Waals surface area contributed by atoms with Gasteiger partial charge in [0.15, 0.2) is 6.10 Å². The number of ether oxygens (including phenoxy) is 2. The highest BCUT2D eigenvalue weighted by molar-refractivity contribution is 5.97. The van der Waals surface area contributed by atoms with E-state index in [1.165, 1.54) is 20.1 Å². The van der Waals surface area contributed by atoms with Crippen LogP contribution in [0.3, 0.4) is 0 Å². The molecule has 1 unspecified atom stereocenters. The molecule has 1 atom stereocenters. The smallest absolute Gasteiger partial charge is 0.339 e. The van der Waals surface area contributed by atoms with E-state index in [2.05, 4.69) is 10.6 Å². The first-order valence-electron chi connectivity index (χ1n) is 8.80. The summed E-state index contributed by atoms with van der Waals surface area (Å²) in [5.41, 5.74) is 2.85. The van der Waals surface area contributed by atoms with Gasteiger partial charge in [-0.15, -0.1) is 0 Å². The van der Waals surface area contributed by atoms with Crippen molar-refractivity contribution in [1.82, 2.24) is 5.32 Å². The number of anilines is 1. The lowest BCUT2D eigenvalue weighted by Gasteiger charge is -2.15. The minimum absolute atomic E-state index is 0.229. The van der Waals surface area contributed by atoms with Gasteiger partial charge in [0.05, 0.1) is 19.2 Å². The number of hydrogen-bond acceptors (Lipinski definition) is 5. The van der Waals surface area contributed by atoms with E-state index in [1.54, 1.807) is 18.2 Å². The molecule has 0 spiro atoms. The molecule has 7 nitrogen and oxygen atoms in total. The van der Waals surface area contributed by atoms with Crippen LogP contribution in [-0.4, -0.2) is 37.5 Å². The van der Waals surface area contributed by atoms with E-state index < -0.39 is 18.0 Å².